The molecule has 1 amide bonds. The number of hydrogen-bond acceptors (Lipinski definition) is 3. The van der Waals surface area contributed by atoms with Gasteiger partial charge in [0.2, 0.25) is 0 Å². The molecular weight excluding hydrogens is 228 g/mol. The molecule has 18 heavy (non-hydrogen) atoms. The molecule has 2 unspecified atom stereocenters. The maximum Gasteiger partial charge on any atom is 0.276 e. The zero-order chi connectivity index (χ0) is 12.7. The van der Waals surface area contributed by atoms with E-state index in [1.165, 1.54) is 19.3 Å². The summed E-state index contributed by atoms with van der Waals surface area (Å²) in [6.07, 6.45) is 6.09. The largest absolute Gasteiger partial charge is 0.395 e. The molecule has 3 N–H and O–H groups in total. The summed E-state index contributed by atoms with van der Waals surface area (Å²) in [5.41, 5.74) is 7.57. The Morgan fingerprint density at radius 1 is 1.39 bits per heavy atom. The molecule has 2 heterocycles. The summed E-state index contributed by atoms with van der Waals surface area (Å²) in [5, 5.41) is 6.85. The molecule has 0 spiro atoms. The summed E-state index contributed by atoms with van der Waals surface area (Å²) in [6, 6.07) is 0.419. The summed E-state index contributed by atoms with van der Waals surface area (Å²) in [7, 11) is 0. The number of aromatic nitrogens is 2. The van der Waals surface area contributed by atoms with E-state index in [2.05, 4.69) is 10.2 Å². The van der Waals surface area contributed by atoms with Crippen molar-refractivity contribution < 1.29 is 4.79 Å². The van der Waals surface area contributed by atoms with Gasteiger partial charge in [-0.3, -0.25) is 9.89 Å². The number of nitrogens with two attached hydrogens (primary N) is 1. The SMILES string of the molecule is Cc1[nH]nc(C(=O)N2CCC3CCCCC32)c1N. The van der Waals surface area contributed by atoms with Crippen LogP contribution in [0.4, 0.5) is 5.69 Å². The molecule has 0 aromatic carbocycles. The van der Waals surface area contributed by atoms with Crippen molar-refractivity contribution in [3.05, 3.63) is 11.4 Å². The average Bonchev–Trinajstić information content (AvgIpc) is 2.94. The second-order valence-electron chi connectivity index (χ2n) is 5.51. The Balaban J connectivity index is 1.83. The van der Waals surface area contributed by atoms with E-state index in [0.717, 1.165) is 25.1 Å². The minimum absolute atomic E-state index is 0.00579. The van der Waals surface area contributed by atoms with E-state index in [1.54, 1.807) is 0 Å². The van der Waals surface area contributed by atoms with Gasteiger partial charge in [-0.05, 0) is 32.1 Å². The highest BCUT2D eigenvalue weighted by Crippen LogP contribution is 2.37. The van der Waals surface area contributed by atoms with Gasteiger partial charge >= 0.3 is 0 Å². The lowest BCUT2D eigenvalue weighted by Gasteiger charge is -2.31. The molecule has 2 atom stereocenters. The monoisotopic (exact) mass is 248 g/mol. The Kier molecular flexibility index (Phi) is 2.76. The number of carbonyl (C=O) groups is 1. The summed E-state index contributed by atoms with van der Waals surface area (Å²) >= 11 is 0. The van der Waals surface area contributed by atoms with Crippen LogP contribution in [0.15, 0.2) is 0 Å². The fourth-order valence-electron chi connectivity index (χ4n) is 3.39. The number of fused-ring (bicyclic) bond motifs is 1. The van der Waals surface area contributed by atoms with Crippen LogP contribution in [0.25, 0.3) is 0 Å². The number of aryl methyl sites for hydroxylation is 1. The smallest absolute Gasteiger partial charge is 0.276 e. The van der Waals surface area contributed by atoms with E-state index in [-0.39, 0.29) is 5.91 Å². The van der Waals surface area contributed by atoms with Crippen LogP contribution in [0.5, 0.6) is 0 Å². The minimum atomic E-state index is 0.00579. The molecule has 1 aliphatic carbocycles. The molecule has 5 nitrogen and oxygen atoms in total. The van der Waals surface area contributed by atoms with E-state index in [9.17, 15) is 4.79 Å². The van der Waals surface area contributed by atoms with E-state index in [1.807, 2.05) is 11.8 Å². The molecule has 98 valence electrons. The normalized spacial score (nSPS) is 27.3. The first-order valence-corrected chi connectivity index (χ1v) is 6.80. The number of likely N-dealkylation sites (tertiary alicyclic amines) is 1. The summed E-state index contributed by atoms with van der Waals surface area (Å²) < 4.78 is 0. The highest BCUT2D eigenvalue weighted by molar-refractivity contribution is 5.98. The van der Waals surface area contributed by atoms with Gasteiger partial charge in [-0.2, -0.15) is 5.10 Å². The third kappa shape index (κ3) is 1.69. The quantitative estimate of drug-likeness (QED) is 0.794. The van der Waals surface area contributed by atoms with Gasteiger partial charge in [0, 0.05) is 12.6 Å². The first-order chi connectivity index (χ1) is 8.68. The second-order valence-corrected chi connectivity index (χ2v) is 5.51. The highest BCUT2D eigenvalue weighted by atomic mass is 16.2. The molecule has 5 heteroatoms. The number of amides is 1. The molecule has 2 fully saturated rings. The summed E-state index contributed by atoms with van der Waals surface area (Å²) in [4.78, 5) is 14.5. The standard InChI is InChI=1S/C13H20N4O/c1-8-11(14)12(16-15-8)13(18)17-7-6-9-4-2-3-5-10(9)17/h9-10H,2-7,14H2,1H3,(H,15,16). The van der Waals surface area contributed by atoms with Crippen LogP contribution >= 0.6 is 0 Å². The molecule has 1 saturated carbocycles. The molecule has 0 bridgehead atoms. The molecule has 1 aliphatic heterocycles. The first kappa shape index (κ1) is 11.6. The van der Waals surface area contributed by atoms with Crippen LogP contribution in [0.1, 0.15) is 48.3 Å². The van der Waals surface area contributed by atoms with Crippen molar-refractivity contribution >= 4 is 11.6 Å². The van der Waals surface area contributed by atoms with Crippen LogP contribution in [0.3, 0.4) is 0 Å². The third-order valence-electron chi connectivity index (χ3n) is 4.47. The van der Waals surface area contributed by atoms with Crippen molar-refractivity contribution in [1.82, 2.24) is 15.1 Å². The van der Waals surface area contributed by atoms with Crippen LogP contribution in [0, 0.1) is 12.8 Å². The summed E-state index contributed by atoms with van der Waals surface area (Å²) in [6.45, 7) is 2.70. The fraction of sp³-hybridized carbons (Fsp3) is 0.692. The van der Waals surface area contributed by atoms with Crippen LogP contribution in [-0.4, -0.2) is 33.6 Å². The molecule has 1 aromatic rings. The van der Waals surface area contributed by atoms with Crippen LogP contribution < -0.4 is 5.73 Å². The minimum Gasteiger partial charge on any atom is -0.395 e. The Hall–Kier alpha value is -1.52. The molecule has 1 saturated heterocycles. The Bertz CT molecular complexity index is 468. The maximum absolute atomic E-state index is 12.5. The predicted octanol–water partition coefficient (Wildman–Crippen LogP) is 1.71. The first-order valence-electron chi connectivity index (χ1n) is 6.80. The number of rotatable bonds is 1. The number of hydrogen-bond donors (Lipinski definition) is 2. The van der Waals surface area contributed by atoms with Crippen molar-refractivity contribution in [3.63, 3.8) is 0 Å². The number of nitrogen functional groups attached to an aromatic ring is 1. The Morgan fingerprint density at radius 2 is 2.17 bits per heavy atom. The van der Waals surface area contributed by atoms with Gasteiger partial charge in [0.05, 0.1) is 11.4 Å². The number of aromatic amines is 1. The topological polar surface area (TPSA) is 75.0 Å². The van der Waals surface area contributed by atoms with Crippen LogP contribution in [-0.2, 0) is 0 Å². The van der Waals surface area contributed by atoms with Gasteiger partial charge in [-0.1, -0.05) is 12.8 Å². The van der Waals surface area contributed by atoms with Gasteiger partial charge in [0.1, 0.15) is 0 Å². The van der Waals surface area contributed by atoms with Gasteiger partial charge in [-0.15, -0.1) is 0 Å². The van der Waals surface area contributed by atoms with Crippen molar-refractivity contribution in [2.24, 2.45) is 5.92 Å². The molecule has 1 aromatic heterocycles. The number of H-pyrrole nitrogens is 1. The average molecular weight is 248 g/mol. The molecular formula is C13H20N4O. The third-order valence-corrected chi connectivity index (χ3v) is 4.47. The zero-order valence-corrected chi connectivity index (χ0v) is 10.8. The highest BCUT2D eigenvalue weighted by Gasteiger charge is 2.39. The van der Waals surface area contributed by atoms with E-state index in [0.29, 0.717) is 23.3 Å². The van der Waals surface area contributed by atoms with Gasteiger partial charge < -0.3 is 10.6 Å². The van der Waals surface area contributed by atoms with E-state index >= 15 is 0 Å². The number of nitrogens with zero attached hydrogens (tertiary/aromatic N) is 2. The number of nitrogens with one attached hydrogen (secondary N) is 1. The van der Waals surface area contributed by atoms with Crippen molar-refractivity contribution in [1.29, 1.82) is 0 Å². The Labute approximate surface area is 107 Å². The Morgan fingerprint density at radius 3 is 2.89 bits per heavy atom. The van der Waals surface area contributed by atoms with Crippen molar-refractivity contribution in [3.8, 4) is 0 Å². The second kappa shape index (κ2) is 4.30. The van der Waals surface area contributed by atoms with E-state index < -0.39 is 0 Å². The lowest BCUT2D eigenvalue weighted by molar-refractivity contribution is 0.0685. The van der Waals surface area contributed by atoms with Gasteiger partial charge in [0.25, 0.3) is 5.91 Å². The number of anilines is 1. The summed E-state index contributed by atoms with van der Waals surface area (Å²) in [5.74, 6) is 0.704. The van der Waals surface area contributed by atoms with E-state index in [4.69, 9.17) is 5.73 Å². The van der Waals surface area contributed by atoms with Crippen LogP contribution in [0.2, 0.25) is 0 Å². The molecule has 3 rings (SSSR count). The lowest BCUT2D eigenvalue weighted by Crippen LogP contribution is -2.39. The zero-order valence-electron chi connectivity index (χ0n) is 10.8. The molecule has 2 aliphatic rings. The maximum atomic E-state index is 12.5. The fourth-order valence-corrected chi connectivity index (χ4v) is 3.39. The predicted molar refractivity (Wildman–Crippen MR) is 69.1 cm³/mol. The number of carbonyl (C=O) groups excluding carboxylic acids is 1. The van der Waals surface area contributed by atoms with Gasteiger partial charge in [0.15, 0.2) is 5.69 Å². The lowest BCUT2D eigenvalue weighted by atomic mass is 9.85. The van der Waals surface area contributed by atoms with Crippen molar-refractivity contribution in [2.75, 3.05) is 12.3 Å². The van der Waals surface area contributed by atoms with Crippen molar-refractivity contribution in [2.45, 2.75) is 45.1 Å². The molecule has 0 radical (unpaired) electrons. The van der Waals surface area contributed by atoms with Gasteiger partial charge in [-0.25, -0.2) is 0 Å².